The van der Waals surface area contributed by atoms with Crippen molar-refractivity contribution in [3.63, 3.8) is 0 Å². The van der Waals surface area contributed by atoms with Crippen LogP contribution < -0.4 is 0 Å². The number of allylic oxidation sites excluding steroid dienone is 2. The van der Waals surface area contributed by atoms with Gasteiger partial charge in [-0.3, -0.25) is 0 Å². The van der Waals surface area contributed by atoms with Crippen LogP contribution in [0.1, 0.15) is 59.8 Å². The number of aliphatic hydroxyl groups is 1. The molecule has 1 fully saturated rings. The highest BCUT2D eigenvalue weighted by Gasteiger charge is 2.52. The van der Waals surface area contributed by atoms with Crippen molar-refractivity contribution in [1.82, 2.24) is 0 Å². The van der Waals surface area contributed by atoms with Gasteiger partial charge in [0.15, 0.2) is 0 Å². The molecule has 0 aromatic heterocycles. The predicted molar refractivity (Wildman–Crippen MR) is 68.2 cm³/mol. The van der Waals surface area contributed by atoms with Crippen molar-refractivity contribution in [2.24, 2.45) is 17.3 Å². The molecule has 0 aromatic carbocycles. The Kier molecular flexibility index (Phi) is 2.94. The Hall–Kier alpha value is -0.300. The summed E-state index contributed by atoms with van der Waals surface area (Å²) in [5.74, 6) is 0.960. The molecule has 0 aliphatic heterocycles. The fourth-order valence-corrected chi connectivity index (χ4v) is 3.83. The summed E-state index contributed by atoms with van der Waals surface area (Å²) in [7, 11) is 0. The maximum absolute atomic E-state index is 11.0. The summed E-state index contributed by atoms with van der Waals surface area (Å²) >= 11 is 0. The van der Waals surface area contributed by atoms with Crippen molar-refractivity contribution in [2.45, 2.75) is 65.4 Å². The van der Waals surface area contributed by atoms with Gasteiger partial charge < -0.3 is 5.11 Å². The Bertz CT molecular complexity index is 303. The first kappa shape index (κ1) is 12.2. The molecule has 16 heavy (non-hydrogen) atoms. The summed E-state index contributed by atoms with van der Waals surface area (Å²) in [5, 5.41) is 11.0. The molecule has 0 saturated heterocycles. The first-order chi connectivity index (χ1) is 7.36. The summed E-state index contributed by atoms with van der Waals surface area (Å²) in [6.07, 6.45) is 7.96. The molecule has 0 amide bonds. The molecule has 2 rings (SSSR count). The zero-order valence-electron chi connectivity index (χ0n) is 11.2. The average Bonchev–Trinajstić information content (AvgIpc) is 2.50. The molecule has 0 heterocycles. The number of fused-ring (bicyclic) bond motifs is 1. The van der Waals surface area contributed by atoms with E-state index in [0.29, 0.717) is 11.8 Å². The van der Waals surface area contributed by atoms with Crippen LogP contribution in [0, 0.1) is 17.3 Å². The Balaban J connectivity index is 2.34. The van der Waals surface area contributed by atoms with Gasteiger partial charge in [-0.1, -0.05) is 32.4 Å². The van der Waals surface area contributed by atoms with E-state index in [2.05, 4.69) is 33.8 Å². The average molecular weight is 222 g/mol. The predicted octanol–water partition coefficient (Wildman–Crippen LogP) is 3.92. The highest BCUT2D eigenvalue weighted by atomic mass is 16.3. The minimum Gasteiger partial charge on any atom is -0.389 e. The van der Waals surface area contributed by atoms with Crippen molar-refractivity contribution >= 4 is 0 Å². The quantitative estimate of drug-likeness (QED) is 0.616. The normalized spacial score (nSPS) is 46.4. The minimum absolute atomic E-state index is 0.251. The second kappa shape index (κ2) is 3.87. The van der Waals surface area contributed by atoms with Crippen LogP contribution in [0.2, 0.25) is 0 Å². The SMILES string of the molecule is C/C1=C/CC(C)(C)[C@@H]2CC[C@@H](C)[C@@]2(O)CC1. The number of rotatable bonds is 0. The van der Waals surface area contributed by atoms with Gasteiger partial charge >= 0.3 is 0 Å². The van der Waals surface area contributed by atoms with Gasteiger partial charge in [0.25, 0.3) is 0 Å². The molecular formula is C15H26O. The number of hydrogen-bond donors (Lipinski definition) is 1. The van der Waals surface area contributed by atoms with Gasteiger partial charge in [-0.05, 0) is 56.3 Å². The van der Waals surface area contributed by atoms with E-state index in [-0.39, 0.29) is 5.41 Å². The molecule has 1 heteroatoms. The summed E-state index contributed by atoms with van der Waals surface area (Å²) < 4.78 is 0. The lowest BCUT2D eigenvalue weighted by molar-refractivity contribution is -0.0779. The van der Waals surface area contributed by atoms with Crippen LogP contribution in [0.3, 0.4) is 0 Å². The van der Waals surface area contributed by atoms with Gasteiger partial charge in [0.2, 0.25) is 0 Å². The molecule has 1 N–H and O–H groups in total. The van der Waals surface area contributed by atoms with Gasteiger partial charge in [-0.15, -0.1) is 0 Å². The van der Waals surface area contributed by atoms with Crippen LogP contribution in [0.25, 0.3) is 0 Å². The summed E-state index contributed by atoms with van der Waals surface area (Å²) in [4.78, 5) is 0. The fraction of sp³-hybridized carbons (Fsp3) is 0.867. The second-order valence-corrected chi connectivity index (χ2v) is 6.77. The van der Waals surface area contributed by atoms with Gasteiger partial charge in [0.1, 0.15) is 0 Å². The van der Waals surface area contributed by atoms with Gasteiger partial charge in [-0.2, -0.15) is 0 Å². The van der Waals surface area contributed by atoms with E-state index < -0.39 is 5.60 Å². The third-order valence-corrected chi connectivity index (χ3v) is 5.18. The molecule has 3 atom stereocenters. The lowest BCUT2D eigenvalue weighted by atomic mass is 9.65. The highest BCUT2D eigenvalue weighted by Crippen LogP contribution is 2.53. The summed E-state index contributed by atoms with van der Waals surface area (Å²) in [6.45, 7) is 9.10. The molecule has 0 spiro atoms. The van der Waals surface area contributed by atoms with Crippen molar-refractivity contribution in [2.75, 3.05) is 0 Å². The molecular weight excluding hydrogens is 196 g/mol. The van der Waals surface area contributed by atoms with E-state index in [4.69, 9.17) is 0 Å². The van der Waals surface area contributed by atoms with Crippen molar-refractivity contribution in [3.8, 4) is 0 Å². The Morgan fingerprint density at radius 1 is 1.31 bits per heavy atom. The van der Waals surface area contributed by atoms with E-state index >= 15 is 0 Å². The standard InChI is InChI=1S/C15H26O/c1-11-7-9-14(3,4)13-6-5-12(2)15(13,16)10-8-11/h7,12-13,16H,5-6,8-10H2,1-4H3/b11-7-/t12-,13+,15+/m1/s1. The number of hydrogen-bond acceptors (Lipinski definition) is 1. The molecule has 2 aliphatic carbocycles. The molecule has 1 saturated carbocycles. The second-order valence-electron chi connectivity index (χ2n) is 6.77. The van der Waals surface area contributed by atoms with Gasteiger partial charge in [-0.25, -0.2) is 0 Å². The lowest BCUT2D eigenvalue weighted by Gasteiger charge is -2.44. The largest absolute Gasteiger partial charge is 0.389 e. The third-order valence-electron chi connectivity index (χ3n) is 5.18. The smallest absolute Gasteiger partial charge is 0.0709 e. The van der Waals surface area contributed by atoms with Crippen LogP contribution in [-0.4, -0.2) is 10.7 Å². The maximum atomic E-state index is 11.0. The first-order valence-corrected chi connectivity index (χ1v) is 6.74. The molecule has 2 aliphatic rings. The third kappa shape index (κ3) is 1.84. The molecule has 1 nitrogen and oxygen atoms in total. The van der Waals surface area contributed by atoms with Crippen LogP contribution in [0.15, 0.2) is 11.6 Å². The molecule has 92 valence electrons. The van der Waals surface area contributed by atoms with Crippen molar-refractivity contribution < 1.29 is 5.11 Å². The monoisotopic (exact) mass is 222 g/mol. The van der Waals surface area contributed by atoms with E-state index in [9.17, 15) is 5.11 Å². The Morgan fingerprint density at radius 2 is 2.00 bits per heavy atom. The van der Waals surface area contributed by atoms with Crippen LogP contribution in [0.5, 0.6) is 0 Å². The summed E-state index contributed by atoms with van der Waals surface area (Å²) in [6, 6.07) is 0. The molecule has 0 unspecified atom stereocenters. The van der Waals surface area contributed by atoms with Crippen LogP contribution >= 0.6 is 0 Å². The van der Waals surface area contributed by atoms with E-state index in [1.54, 1.807) is 0 Å². The van der Waals surface area contributed by atoms with Crippen LogP contribution in [-0.2, 0) is 0 Å². The van der Waals surface area contributed by atoms with E-state index in [0.717, 1.165) is 19.3 Å². The van der Waals surface area contributed by atoms with Gasteiger partial charge in [0, 0.05) is 0 Å². The summed E-state index contributed by atoms with van der Waals surface area (Å²) in [5.41, 5.74) is 1.30. The van der Waals surface area contributed by atoms with Crippen molar-refractivity contribution in [1.29, 1.82) is 0 Å². The fourth-order valence-electron chi connectivity index (χ4n) is 3.83. The van der Waals surface area contributed by atoms with Crippen LogP contribution in [0.4, 0.5) is 0 Å². The topological polar surface area (TPSA) is 20.2 Å². The molecule has 0 bridgehead atoms. The van der Waals surface area contributed by atoms with E-state index in [1.165, 1.54) is 18.4 Å². The zero-order chi connectivity index (χ0) is 12.0. The van der Waals surface area contributed by atoms with Gasteiger partial charge in [0.05, 0.1) is 5.60 Å². The maximum Gasteiger partial charge on any atom is 0.0709 e. The zero-order valence-corrected chi connectivity index (χ0v) is 11.2. The molecule has 0 radical (unpaired) electrons. The van der Waals surface area contributed by atoms with Crippen molar-refractivity contribution in [3.05, 3.63) is 11.6 Å². The lowest BCUT2D eigenvalue weighted by Crippen LogP contribution is -2.45. The van der Waals surface area contributed by atoms with E-state index in [1.807, 2.05) is 0 Å². The first-order valence-electron chi connectivity index (χ1n) is 6.74. The molecule has 0 aromatic rings. The highest BCUT2D eigenvalue weighted by molar-refractivity contribution is 5.11. The minimum atomic E-state index is -0.404. The Labute approximate surface area is 99.9 Å². The Morgan fingerprint density at radius 3 is 2.69 bits per heavy atom.